The molecule has 2 atom stereocenters. The fraction of sp³-hybridized carbons (Fsp3) is 0.476. The molecule has 2 N–H and O–H groups in total. The van der Waals surface area contributed by atoms with Crippen LogP contribution in [0, 0.1) is 0 Å². The van der Waals surface area contributed by atoms with E-state index in [9.17, 15) is 4.79 Å². The maximum atomic E-state index is 12.0. The summed E-state index contributed by atoms with van der Waals surface area (Å²) in [5.41, 5.74) is 2.10. The highest BCUT2D eigenvalue weighted by Crippen LogP contribution is 2.16. The van der Waals surface area contributed by atoms with Gasteiger partial charge in [-0.25, -0.2) is 9.67 Å². The molecule has 1 aromatic heterocycles. The molecule has 8 heteroatoms. The number of ether oxygens (including phenoxy) is 1. The zero-order chi connectivity index (χ0) is 20.6. The van der Waals surface area contributed by atoms with Gasteiger partial charge in [-0.3, -0.25) is 4.79 Å². The van der Waals surface area contributed by atoms with Gasteiger partial charge in [0.25, 0.3) is 0 Å². The van der Waals surface area contributed by atoms with Gasteiger partial charge in [0.1, 0.15) is 6.54 Å². The monoisotopic (exact) mass is 398 g/mol. The Bertz CT molecular complexity index is 812. The minimum Gasteiger partial charge on any atom is -0.376 e. The van der Waals surface area contributed by atoms with Crippen LogP contribution in [0.25, 0.3) is 5.69 Å². The number of benzene rings is 1. The number of carbonyl (C=O) groups is 1. The lowest BCUT2D eigenvalue weighted by molar-refractivity contribution is -0.127. The third kappa shape index (κ3) is 6.05. The van der Waals surface area contributed by atoms with Crippen LogP contribution in [-0.2, 0) is 9.53 Å². The molecule has 1 aliphatic heterocycles. The van der Waals surface area contributed by atoms with E-state index in [4.69, 9.17) is 4.74 Å². The van der Waals surface area contributed by atoms with Crippen molar-refractivity contribution < 1.29 is 9.53 Å². The smallest absolute Gasteiger partial charge is 0.243 e. The molecule has 1 amide bonds. The molecule has 1 aromatic carbocycles. The fourth-order valence-corrected chi connectivity index (χ4v) is 3.10. The number of nitrogens with one attached hydrogen (secondary N) is 2. The minimum absolute atomic E-state index is 0.00397. The van der Waals surface area contributed by atoms with Gasteiger partial charge in [0, 0.05) is 39.6 Å². The highest BCUT2D eigenvalue weighted by Gasteiger charge is 2.17. The molecule has 2 heterocycles. The van der Waals surface area contributed by atoms with E-state index in [0.717, 1.165) is 30.7 Å². The van der Waals surface area contributed by atoms with Crippen LogP contribution in [-0.4, -0.2) is 66.4 Å². The fourth-order valence-electron chi connectivity index (χ4n) is 3.10. The normalized spacial score (nSPS) is 17.8. The predicted octanol–water partition coefficient (Wildman–Crippen LogP) is 1.74. The van der Waals surface area contributed by atoms with Crippen molar-refractivity contribution in [2.45, 2.75) is 31.9 Å². The lowest BCUT2D eigenvalue weighted by Crippen LogP contribution is -2.42. The highest BCUT2D eigenvalue weighted by molar-refractivity contribution is 5.85. The maximum absolute atomic E-state index is 12.0. The van der Waals surface area contributed by atoms with E-state index in [0.29, 0.717) is 12.5 Å². The number of likely N-dealkylation sites (N-methyl/N-ethyl adjacent to an activating group) is 1. The number of amides is 1. The lowest BCUT2D eigenvalue weighted by Gasteiger charge is -2.21. The van der Waals surface area contributed by atoms with Crippen molar-refractivity contribution in [2.75, 3.05) is 33.8 Å². The van der Waals surface area contributed by atoms with Crippen LogP contribution in [0.5, 0.6) is 0 Å². The van der Waals surface area contributed by atoms with Crippen LogP contribution in [0.3, 0.4) is 0 Å². The topological polar surface area (TPSA) is 83.8 Å². The van der Waals surface area contributed by atoms with Gasteiger partial charge in [-0.2, -0.15) is 5.10 Å². The van der Waals surface area contributed by atoms with E-state index in [-0.39, 0.29) is 24.6 Å². The first-order chi connectivity index (χ1) is 14.0. The Labute approximate surface area is 171 Å². The molecule has 29 heavy (non-hydrogen) atoms. The number of rotatable bonds is 7. The third-order valence-corrected chi connectivity index (χ3v) is 4.88. The Balaban J connectivity index is 1.68. The summed E-state index contributed by atoms with van der Waals surface area (Å²) < 4.78 is 7.51. The number of aliphatic imine (C=N–C) groups is 1. The van der Waals surface area contributed by atoms with Crippen molar-refractivity contribution in [1.29, 1.82) is 0 Å². The van der Waals surface area contributed by atoms with Crippen LogP contribution in [0.15, 0.2) is 47.7 Å². The third-order valence-electron chi connectivity index (χ3n) is 4.88. The quantitative estimate of drug-likeness (QED) is 0.548. The second-order valence-electron chi connectivity index (χ2n) is 7.38. The average molecular weight is 399 g/mol. The molecule has 0 aliphatic carbocycles. The van der Waals surface area contributed by atoms with Gasteiger partial charge in [-0.1, -0.05) is 12.1 Å². The molecule has 156 valence electrons. The zero-order valence-corrected chi connectivity index (χ0v) is 17.3. The minimum atomic E-state index is -0.0449. The summed E-state index contributed by atoms with van der Waals surface area (Å²) in [7, 11) is 3.46. The lowest BCUT2D eigenvalue weighted by atomic mass is 10.1. The summed E-state index contributed by atoms with van der Waals surface area (Å²) in [6.45, 7) is 3.64. The molecular weight excluding hydrogens is 368 g/mol. The maximum Gasteiger partial charge on any atom is 0.243 e. The number of hydrogen-bond donors (Lipinski definition) is 2. The summed E-state index contributed by atoms with van der Waals surface area (Å²) in [5.74, 6) is 0.559. The number of aromatic nitrogens is 2. The zero-order valence-electron chi connectivity index (χ0n) is 17.3. The number of guanidine groups is 1. The van der Waals surface area contributed by atoms with Crippen LogP contribution in [0.2, 0.25) is 0 Å². The molecule has 8 nitrogen and oxygen atoms in total. The van der Waals surface area contributed by atoms with Gasteiger partial charge in [0.15, 0.2) is 5.96 Å². The molecule has 0 radical (unpaired) electrons. The van der Waals surface area contributed by atoms with Gasteiger partial charge in [0.2, 0.25) is 5.91 Å². The highest BCUT2D eigenvalue weighted by atomic mass is 16.5. The van der Waals surface area contributed by atoms with Crippen molar-refractivity contribution in [3.05, 3.63) is 48.3 Å². The van der Waals surface area contributed by atoms with Gasteiger partial charge in [0.05, 0.1) is 17.8 Å². The second-order valence-corrected chi connectivity index (χ2v) is 7.38. The number of hydrogen-bond acceptors (Lipinski definition) is 4. The van der Waals surface area contributed by atoms with E-state index < -0.39 is 0 Å². The standard InChI is InChI=1S/C21H30N6O2/c1-16(17-7-4-8-18(13-17)27-11-6-10-24-27)25-21(23-15-20(28)26(2)3)22-14-19-9-5-12-29-19/h4,6-8,10-11,13,16,19H,5,9,12,14-15H2,1-3H3,(H2,22,23,25). The summed E-state index contributed by atoms with van der Waals surface area (Å²) in [6, 6.07) is 10.1. The van der Waals surface area contributed by atoms with Gasteiger partial charge in [-0.05, 0) is 43.5 Å². The molecule has 1 fully saturated rings. The summed E-state index contributed by atoms with van der Waals surface area (Å²) >= 11 is 0. The van der Waals surface area contributed by atoms with E-state index in [1.165, 1.54) is 4.90 Å². The van der Waals surface area contributed by atoms with Crippen LogP contribution < -0.4 is 10.6 Å². The van der Waals surface area contributed by atoms with Crippen LogP contribution >= 0.6 is 0 Å². The largest absolute Gasteiger partial charge is 0.376 e. The van der Waals surface area contributed by atoms with E-state index in [1.54, 1.807) is 20.3 Å². The Morgan fingerprint density at radius 1 is 1.41 bits per heavy atom. The predicted molar refractivity (Wildman–Crippen MR) is 113 cm³/mol. The Kier molecular flexibility index (Phi) is 7.24. The molecule has 0 saturated carbocycles. The molecule has 1 aliphatic rings. The molecule has 0 bridgehead atoms. The van der Waals surface area contributed by atoms with E-state index >= 15 is 0 Å². The number of nitrogens with zero attached hydrogens (tertiary/aromatic N) is 4. The van der Waals surface area contributed by atoms with Crippen molar-refractivity contribution in [2.24, 2.45) is 4.99 Å². The summed E-state index contributed by atoms with van der Waals surface area (Å²) in [4.78, 5) is 18.0. The van der Waals surface area contributed by atoms with Crippen molar-refractivity contribution in [3.8, 4) is 5.69 Å². The van der Waals surface area contributed by atoms with Crippen molar-refractivity contribution >= 4 is 11.9 Å². The Morgan fingerprint density at radius 2 is 2.28 bits per heavy atom. The molecule has 0 spiro atoms. The summed E-state index contributed by atoms with van der Waals surface area (Å²) in [6.07, 6.45) is 5.99. The van der Waals surface area contributed by atoms with Gasteiger partial charge < -0.3 is 20.3 Å². The van der Waals surface area contributed by atoms with Gasteiger partial charge >= 0.3 is 0 Å². The van der Waals surface area contributed by atoms with E-state index in [1.807, 2.05) is 29.1 Å². The first-order valence-corrected chi connectivity index (χ1v) is 9.99. The Hall–Kier alpha value is -2.87. The van der Waals surface area contributed by atoms with Gasteiger partial charge in [-0.15, -0.1) is 0 Å². The number of carbonyl (C=O) groups excluding carboxylic acids is 1. The summed E-state index contributed by atoms with van der Waals surface area (Å²) in [5, 5.41) is 11.0. The molecule has 2 unspecified atom stereocenters. The first kappa shape index (κ1) is 20.9. The molecule has 2 aromatic rings. The molecule has 3 rings (SSSR count). The SMILES string of the molecule is CC(NC(=NCC(=O)N(C)C)NCC1CCCO1)c1cccc(-n2cccn2)c1. The van der Waals surface area contributed by atoms with Crippen LogP contribution in [0.1, 0.15) is 31.4 Å². The first-order valence-electron chi connectivity index (χ1n) is 9.99. The van der Waals surface area contributed by atoms with Crippen molar-refractivity contribution in [1.82, 2.24) is 25.3 Å². The Morgan fingerprint density at radius 3 is 2.97 bits per heavy atom. The second kappa shape index (κ2) is 10.1. The molecular formula is C21H30N6O2. The van der Waals surface area contributed by atoms with Crippen LogP contribution in [0.4, 0.5) is 0 Å². The van der Waals surface area contributed by atoms with Crippen molar-refractivity contribution in [3.63, 3.8) is 0 Å². The average Bonchev–Trinajstić information content (AvgIpc) is 3.43. The molecule has 1 saturated heterocycles. The van der Waals surface area contributed by atoms with E-state index in [2.05, 4.69) is 39.8 Å².